The number of nitrogens with two attached hydrogens (primary N) is 1. The van der Waals surface area contributed by atoms with E-state index in [0.29, 0.717) is 5.75 Å². The molecule has 0 aliphatic carbocycles. The van der Waals surface area contributed by atoms with Gasteiger partial charge in [0, 0.05) is 11.3 Å². The first kappa shape index (κ1) is 31.1. The second-order valence-electron chi connectivity index (χ2n) is 13.8. The van der Waals surface area contributed by atoms with E-state index in [2.05, 4.69) is 113 Å². The molecule has 2 aromatic rings. The minimum absolute atomic E-state index is 0.0873. The normalized spacial score (nSPS) is 11.9. The predicted molar refractivity (Wildman–Crippen MR) is 160 cm³/mol. The Morgan fingerprint density at radius 3 is 1.58 bits per heavy atom. The fourth-order valence-electron chi connectivity index (χ4n) is 3.25. The molecule has 0 spiro atoms. The van der Waals surface area contributed by atoms with Crippen LogP contribution in [0.2, 0.25) is 0 Å². The highest BCUT2D eigenvalue weighted by Gasteiger charge is 2.17. The third kappa shape index (κ3) is 11.7. The molecule has 2 aromatic carbocycles. The molecule has 36 heavy (non-hydrogen) atoms. The number of anilines is 1. The quantitative estimate of drug-likeness (QED) is 0.327. The molecule has 0 unspecified atom stereocenters. The van der Waals surface area contributed by atoms with Crippen LogP contribution in [-0.2, 0) is 10.8 Å². The van der Waals surface area contributed by atoms with Gasteiger partial charge in [0.1, 0.15) is 5.75 Å². The predicted octanol–water partition coefficient (Wildman–Crippen LogP) is 9.68. The summed E-state index contributed by atoms with van der Waals surface area (Å²) in [4.78, 5) is 0. The number of hydrogen-bond donors (Lipinski definition) is 2. The van der Waals surface area contributed by atoms with Crippen LogP contribution in [0.15, 0.2) is 60.0 Å². The SMILES string of the molecule is CC(C)(C)C=C=Cc1cc(C(C)(C)C)ccc1O.CC(C)(C)C=C=Cc1ccc(N)cc1C(C)(C)C. The summed E-state index contributed by atoms with van der Waals surface area (Å²) in [6.45, 7) is 26.0. The van der Waals surface area contributed by atoms with E-state index in [0.717, 1.165) is 11.3 Å². The Morgan fingerprint density at radius 2 is 1.14 bits per heavy atom. The Morgan fingerprint density at radius 1 is 0.639 bits per heavy atom. The molecule has 0 saturated carbocycles. The summed E-state index contributed by atoms with van der Waals surface area (Å²) < 4.78 is 0. The van der Waals surface area contributed by atoms with E-state index >= 15 is 0 Å². The maximum atomic E-state index is 9.84. The Kier molecular flexibility index (Phi) is 10.3. The summed E-state index contributed by atoms with van der Waals surface area (Å²) in [6, 6.07) is 11.8. The van der Waals surface area contributed by atoms with Gasteiger partial charge < -0.3 is 10.8 Å². The fraction of sp³-hybridized carbons (Fsp3) is 0.471. The number of phenolic OH excluding ortho intramolecular Hbond substituents is 1. The molecule has 2 heteroatoms. The molecule has 0 saturated heterocycles. The second-order valence-corrected chi connectivity index (χ2v) is 13.8. The molecule has 0 atom stereocenters. The average Bonchev–Trinajstić information content (AvgIpc) is 2.67. The Bertz CT molecular complexity index is 1140. The van der Waals surface area contributed by atoms with Crippen molar-refractivity contribution < 1.29 is 5.11 Å². The number of aromatic hydroxyl groups is 1. The van der Waals surface area contributed by atoms with Crippen molar-refractivity contribution >= 4 is 17.8 Å². The Hall–Kier alpha value is -2.92. The Labute approximate surface area is 221 Å². The van der Waals surface area contributed by atoms with Gasteiger partial charge >= 0.3 is 0 Å². The number of nitrogen functional groups attached to an aromatic ring is 1. The van der Waals surface area contributed by atoms with Gasteiger partial charge in [0.05, 0.1) is 0 Å². The third-order valence-electron chi connectivity index (χ3n) is 5.29. The lowest BCUT2D eigenvalue weighted by atomic mass is 9.83. The summed E-state index contributed by atoms with van der Waals surface area (Å²) in [5.74, 6) is 0.304. The third-order valence-corrected chi connectivity index (χ3v) is 5.29. The number of rotatable bonds is 2. The zero-order valence-corrected chi connectivity index (χ0v) is 24.8. The van der Waals surface area contributed by atoms with Crippen molar-refractivity contribution in [3.05, 3.63) is 82.3 Å². The van der Waals surface area contributed by atoms with E-state index < -0.39 is 0 Å². The molecular weight excluding hydrogens is 438 g/mol. The van der Waals surface area contributed by atoms with E-state index in [9.17, 15) is 5.11 Å². The van der Waals surface area contributed by atoms with E-state index in [1.807, 2.05) is 36.4 Å². The summed E-state index contributed by atoms with van der Waals surface area (Å²) in [5, 5.41) is 9.84. The van der Waals surface area contributed by atoms with Crippen LogP contribution in [0.5, 0.6) is 5.75 Å². The van der Waals surface area contributed by atoms with Crippen LogP contribution in [0.1, 0.15) is 105 Å². The maximum Gasteiger partial charge on any atom is 0.123 e. The molecule has 196 valence electrons. The van der Waals surface area contributed by atoms with Crippen LogP contribution in [-0.4, -0.2) is 5.11 Å². The molecule has 0 fully saturated rings. The minimum atomic E-state index is 0.0873. The van der Waals surface area contributed by atoms with E-state index in [4.69, 9.17) is 5.73 Å². The molecule has 0 heterocycles. The average molecular weight is 488 g/mol. The largest absolute Gasteiger partial charge is 0.507 e. The molecule has 3 N–H and O–H groups in total. The van der Waals surface area contributed by atoms with Gasteiger partial charge in [-0.15, -0.1) is 11.5 Å². The van der Waals surface area contributed by atoms with Gasteiger partial charge in [-0.25, -0.2) is 0 Å². The first-order valence-electron chi connectivity index (χ1n) is 12.8. The number of hydrogen-bond acceptors (Lipinski definition) is 2. The molecule has 2 nitrogen and oxygen atoms in total. The highest BCUT2D eigenvalue weighted by atomic mass is 16.3. The van der Waals surface area contributed by atoms with Crippen molar-refractivity contribution in [3.63, 3.8) is 0 Å². The zero-order chi connectivity index (χ0) is 27.9. The van der Waals surface area contributed by atoms with Crippen LogP contribution in [0, 0.1) is 10.8 Å². The van der Waals surface area contributed by atoms with E-state index in [1.165, 1.54) is 16.7 Å². The van der Waals surface area contributed by atoms with Crippen LogP contribution in [0.25, 0.3) is 12.2 Å². The van der Waals surface area contributed by atoms with Crippen molar-refractivity contribution in [2.24, 2.45) is 10.8 Å². The van der Waals surface area contributed by atoms with Crippen LogP contribution in [0.3, 0.4) is 0 Å². The molecule has 0 aliphatic heterocycles. The van der Waals surface area contributed by atoms with Crippen LogP contribution < -0.4 is 5.73 Å². The molecule has 0 amide bonds. The van der Waals surface area contributed by atoms with E-state index in [1.54, 1.807) is 6.07 Å². The Balaban J connectivity index is 0.000000360. The van der Waals surface area contributed by atoms with Crippen molar-refractivity contribution in [3.8, 4) is 5.75 Å². The maximum absolute atomic E-state index is 9.84. The summed E-state index contributed by atoms with van der Waals surface area (Å²) in [7, 11) is 0. The molecular formula is C34H49NO. The number of benzene rings is 2. The van der Waals surface area contributed by atoms with Crippen molar-refractivity contribution in [1.82, 2.24) is 0 Å². The smallest absolute Gasteiger partial charge is 0.123 e. The minimum Gasteiger partial charge on any atom is -0.507 e. The highest BCUT2D eigenvalue weighted by Crippen LogP contribution is 2.29. The summed E-state index contributed by atoms with van der Waals surface area (Å²) >= 11 is 0. The van der Waals surface area contributed by atoms with Gasteiger partial charge in [-0.1, -0.05) is 95.2 Å². The van der Waals surface area contributed by atoms with Gasteiger partial charge in [0.25, 0.3) is 0 Å². The lowest BCUT2D eigenvalue weighted by Gasteiger charge is -2.22. The monoisotopic (exact) mass is 487 g/mol. The van der Waals surface area contributed by atoms with Crippen molar-refractivity contribution in [1.29, 1.82) is 0 Å². The lowest BCUT2D eigenvalue weighted by Crippen LogP contribution is -2.13. The molecule has 0 aliphatic rings. The molecule has 0 aromatic heterocycles. The van der Waals surface area contributed by atoms with Gasteiger partial charge in [0.2, 0.25) is 0 Å². The van der Waals surface area contributed by atoms with Crippen LogP contribution in [0.4, 0.5) is 5.69 Å². The fourth-order valence-corrected chi connectivity index (χ4v) is 3.25. The first-order valence-corrected chi connectivity index (χ1v) is 12.8. The van der Waals surface area contributed by atoms with Crippen molar-refractivity contribution in [2.75, 3.05) is 5.73 Å². The highest BCUT2D eigenvalue weighted by molar-refractivity contribution is 5.60. The zero-order valence-electron chi connectivity index (χ0n) is 24.8. The number of phenols is 1. The second kappa shape index (κ2) is 11.9. The van der Waals surface area contributed by atoms with Crippen LogP contribution >= 0.6 is 0 Å². The number of allylic oxidation sites excluding steroid dienone is 2. The van der Waals surface area contributed by atoms with Gasteiger partial charge in [-0.3, -0.25) is 0 Å². The lowest BCUT2D eigenvalue weighted by molar-refractivity contribution is 0.472. The van der Waals surface area contributed by atoms with Gasteiger partial charge in [-0.2, -0.15) is 0 Å². The standard InChI is InChI=1S/C17H25N.C17H24O/c1-16(2,3)11-7-8-13-9-10-14(18)12-15(13)17(4,5)6;1-16(2,3)11-7-8-13-12-14(17(4,5)6)9-10-15(13)18/h8-12H,18H2,1-6H3;8-12,18H,1-6H3. The topological polar surface area (TPSA) is 46.2 Å². The molecule has 0 bridgehead atoms. The summed E-state index contributed by atoms with van der Waals surface area (Å²) in [6.07, 6.45) is 7.99. The summed E-state index contributed by atoms with van der Waals surface area (Å²) in [5.41, 5.74) is 18.1. The molecule has 0 radical (unpaired) electrons. The van der Waals surface area contributed by atoms with Gasteiger partial charge in [-0.05, 0) is 86.9 Å². The molecule has 2 rings (SSSR count). The van der Waals surface area contributed by atoms with Gasteiger partial charge in [0.15, 0.2) is 0 Å². The van der Waals surface area contributed by atoms with Crippen molar-refractivity contribution in [2.45, 2.75) is 93.9 Å². The van der Waals surface area contributed by atoms with E-state index in [-0.39, 0.29) is 21.7 Å². The first-order chi connectivity index (χ1) is 16.2.